The molecule has 1 heterocycles. The molecule has 0 amide bonds. The topological polar surface area (TPSA) is 50.4 Å². The zero-order valence-electron chi connectivity index (χ0n) is 16.6. The molecule has 1 aliphatic heterocycles. The van der Waals surface area contributed by atoms with E-state index in [1.807, 2.05) is 0 Å². The number of carbonyl (C=O) groups is 1. The molecule has 1 saturated carbocycles. The largest absolute Gasteiger partial charge is 0.469 e. The zero-order chi connectivity index (χ0) is 18.9. The van der Waals surface area contributed by atoms with Crippen LogP contribution in [0.4, 0.5) is 5.69 Å². The van der Waals surface area contributed by atoms with Gasteiger partial charge in [-0.1, -0.05) is 56.4 Å². The van der Waals surface area contributed by atoms with E-state index in [9.17, 15) is 4.79 Å². The summed E-state index contributed by atoms with van der Waals surface area (Å²) in [6.07, 6.45) is 16.4. The van der Waals surface area contributed by atoms with Crippen LogP contribution in [0.5, 0.6) is 0 Å². The number of hydrogen-bond acceptors (Lipinski definition) is 4. The molecule has 2 aliphatic rings. The van der Waals surface area contributed by atoms with Gasteiger partial charge in [-0.25, -0.2) is 5.43 Å². The van der Waals surface area contributed by atoms with Gasteiger partial charge in [0.05, 0.1) is 13.0 Å². The molecule has 1 fully saturated rings. The standard InChI is InChI=1S/C23H34N2O2/c1-27-23(26)22-17-21-16-19(22)13-9-7-5-3-2-4-6-8-11-18-12-10-14-20(15-18)24-25-21/h8,10-12,14-15,19,21-22,24-25H,2-7,9,13,16-17H2,1H3/b11-8-. The number of methoxy groups -OCH3 is 1. The van der Waals surface area contributed by atoms with E-state index < -0.39 is 0 Å². The van der Waals surface area contributed by atoms with Crippen molar-refractivity contribution < 1.29 is 9.53 Å². The fourth-order valence-electron chi connectivity index (χ4n) is 4.50. The second-order valence-corrected chi connectivity index (χ2v) is 8.05. The van der Waals surface area contributed by atoms with Gasteiger partial charge in [0.15, 0.2) is 0 Å². The van der Waals surface area contributed by atoms with Crippen molar-refractivity contribution >= 4 is 17.7 Å². The molecule has 4 nitrogen and oxygen atoms in total. The maximum Gasteiger partial charge on any atom is 0.308 e. The Morgan fingerprint density at radius 3 is 2.74 bits per heavy atom. The summed E-state index contributed by atoms with van der Waals surface area (Å²) in [6.45, 7) is 0. The number of esters is 1. The summed E-state index contributed by atoms with van der Waals surface area (Å²) in [5.41, 5.74) is 9.10. The summed E-state index contributed by atoms with van der Waals surface area (Å²) in [6, 6.07) is 8.76. The molecule has 1 aromatic carbocycles. The smallest absolute Gasteiger partial charge is 0.308 e. The van der Waals surface area contributed by atoms with Gasteiger partial charge < -0.3 is 10.2 Å². The van der Waals surface area contributed by atoms with E-state index in [4.69, 9.17) is 4.74 Å². The number of hydrogen-bond donors (Lipinski definition) is 2. The molecule has 1 aliphatic carbocycles. The van der Waals surface area contributed by atoms with E-state index in [0.29, 0.717) is 12.0 Å². The predicted molar refractivity (Wildman–Crippen MR) is 111 cm³/mol. The van der Waals surface area contributed by atoms with Gasteiger partial charge in [0.2, 0.25) is 0 Å². The minimum absolute atomic E-state index is 0.0330. The predicted octanol–water partition coefficient (Wildman–Crippen LogP) is 5.32. The Kier molecular flexibility index (Phi) is 7.76. The van der Waals surface area contributed by atoms with Crippen LogP contribution in [-0.4, -0.2) is 19.1 Å². The van der Waals surface area contributed by atoms with E-state index in [1.165, 1.54) is 51.2 Å². The Morgan fingerprint density at radius 1 is 1.07 bits per heavy atom. The maximum absolute atomic E-state index is 12.2. The van der Waals surface area contributed by atoms with Crippen molar-refractivity contribution in [2.75, 3.05) is 12.5 Å². The van der Waals surface area contributed by atoms with E-state index in [1.54, 1.807) is 0 Å². The van der Waals surface area contributed by atoms with Gasteiger partial charge in [0.1, 0.15) is 0 Å². The number of hydrazine groups is 1. The zero-order valence-corrected chi connectivity index (χ0v) is 16.6. The van der Waals surface area contributed by atoms with E-state index in [2.05, 4.69) is 47.3 Å². The fourth-order valence-corrected chi connectivity index (χ4v) is 4.50. The molecule has 4 heteroatoms. The van der Waals surface area contributed by atoms with Gasteiger partial charge in [-0.2, -0.15) is 0 Å². The Bertz CT molecular complexity index is 629. The van der Waals surface area contributed by atoms with Gasteiger partial charge in [-0.05, 0) is 55.7 Å². The van der Waals surface area contributed by atoms with E-state index >= 15 is 0 Å². The van der Waals surface area contributed by atoms with Crippen LogP contribution in [0.1, 0.15) is 69.8 Å². The van der Waals surface area contributed by atoms with Gasteiger partial charge in [-0.15, -0.1) is 0 Å². The fraction of sp³-hybridized carbons (Fsp3) is 0.609. The molecule has 0 aromatic heterocycles. The molecular formula is C23H34N2O2. The Morgan fingerprint density at radius 2 is 1.89 bits per heavy atom. The average Bonchev–Trinajstić information content (AvgIpc) is 3.10. The van der Waals surface area contributed by atoms with Crippen LogP contribution in [0.15, 0.2) is 30.3 Å². The lowest BCUT2D eigenvalue weighted by Crippen LogP contribution is -2.32. The molecule has 1 aromatic rings. The second kappa shape index (κ2) is 10.5. The molecule has 0 radical (unpaired) electrons. The van der Waals surface area contributed by atoms with Crippen LogP contribution < -0.4 is 10.9 Å². The number of fused-ring (bicyclic) bond motifs is 4. The van der Waals surface area contributed by atoms with Crippen LogP contribution in [-0.2, 0) is 9.53 Å². The lowest BCUT2D eigenvalue weighted by atomic mass is 9.90. The molecule has 148 valence electrons. The highest BCUT2D eigenvalue weighted by atomic mass is 16.5. The quantitative estimate of drug-likeness (QED) is 0.657. The van der Waals surface area contributed by atoms with E-state index in [-0.39, 0.29) is 11.9 Å². The van der Waals surface area contributed by atoms with Crippen molar-refractivity contribution in [3.05, 3.63) is 35.9 Å². The maximum atomic E-state index is 12.2. The molecule has 0 saturated heterocycles. The van der Waals surface area contributed by atoms with Crippen LogP contribution in [0.3, 0.4) is 0 Å². The molecule has 3 atom stereocenters. The molecule has 3 unspecified atom stereocenters. The van der Waals surface area contributed by atoms with Crippen LogP contribution >= 0.6 is 0 Å². The summed E-state index contributed by atoms with van der Waals surface area (Å²) < 4.78 is 5.08. The first-order valence-electron chi connectivity index (χ1n) is 10.6. The first-order chi connectivity index (χ1) is 13.3. The van der Waals surface area contributed by atoms with Crippen molar-refractivity contribution in [2.45, 2.75) is 70.3 Å². The minimum atomic E-state index is -0.0395. The molecule has 0 spiro atoms. The summed E-state index contributed by atoms with van der Waals surface area (Å²) in [7, 11) is 1.51. The number of rotatable bonds is 1. The number of anilines is 1. The third-order valence-electron chi connectivity index (χ3n) is 6.01. The lowest BCUT2D eigenvalue weighted by Gasteiger charge is -2.17. The normalized spacial score (nSPS) is 28.4. The monoisotopic (exact) mass is 370 g/mol. The summed E-state index contributed by atoms with van der Waals surface area (Å²) in [5.74, 6) is 0.429. The van der Waals surface area contributed by atoms with Gasteiger partial charge >= 0.3 is 5.97 Å². The van der Waals surface area contributed by atoms with Gasteiger partial charge in [0.25, 0.3) is 0 Å². The Labute approximate surface area is 163 Å². The number of benzene rings is 1. The van der Waals surface area contributed by atoms with Crippen LogP contribution in [0, 0.1) is 11.8 Å². The minimum Gasteiger partial charge on any atom is -0.469 e. The third-order valence-corrected chi connectivity index (χ3v) is 6.01. The van der Waals surface area contributed by atoms with Crippen LogP contribution in [0.25, 0.3) is 6.08 Å². The summed E-state index contributed by atoms with van der Waals surface area (Å²) in [4.78, 5) is 12.2. The van der Waals surface area contributed by atoms with Gasteiger partial charge in [-0.3, -0.25) is 4.79 Å². The van der Waals surface area contributed by atoms with Crippen molar-refractivity contribution in [3.8, 4) is 0 Å². The van der Waals surface area contributed by atoms with Crippen molar-refractivity contribution in [1.29, 1.82) is 0 Å². The lowest BCUT2D eigenvalue weighted by molar-refractivity contribution is -0.146. The summed E-state index contributed by atoms with van der Waals surface area (Å²) >= 11 is 0. The van der Waals surface area contributed by atoms with Crippen LogP contribution in [0.2, 0.25) is 0 Å². The Hall–Kier alpha value is -1.81. The first-order valence-corrected chi connectivity index (χ1v) is 10.6. The molecular weight excluding hydrogens is 336 g/mol. The molecule has 4 bridgehead atoms. The molecule has 2 N–H and O–H groups in total. The third kappa shape index (κ3) is 6.10. The Balaban J connectivity index is 1.67. The number of ether oxygens (including phenoxy) is 1. The number of nitrogens with one attached hydrogen (secondary N) is 2. The SMILES string of the molecule is COC(=O)C1CC2CC1CCCCCCCC/C=C\c1cccc(c1)NN2. The molecule has 3 rings (SSSR count). The molecule has 27 heavy (non-hydrogen) atoms. The number of allylic oxidation sites excluding steroid dienone is 1. The average molecular weight is 371 g/mol. The van der Waals surface area contributed by atoms with Crippen molar-refractivity contribution in [1.82, 2.24) is 5.43 Å². The van der Waals surface area contributed by atoms with E-state index in [0.717, 1.165) is 31.4 Å². The summed E-state index contributed by atoms with van der Waals surface area (Å²) in [5, 5.41) is 0. The first kappa shape index (κ1) is 19.9. The highest BCUT2D eigenvalue weighted by Gasteiger charge is 2.38. The highest BCUT2D eigenvalue weighted by Crippen LogP contribution is 2.36. The second-order valence-electron chi connectivity index (χ2n) is 8.05. The van der Waals surface area contributed by atoms with Crippen molar-refractivity contribution in [2.24, 2.45) is 11.8 Å². The number of carbonyl (C=O) groups excluding carboxylic acids is 1. The highest BCUT2D eigenvalue weighted by molar-refractivity contribution is 5.73. The van der Waals surface area contributed by atoms with Gasteiger partial charge in [0, 0.05) is 11.7 Å². The van der Waals surface area contributed by atoms with Crippen molar-refractivity contribution in [3.63, 3.8) is 0 Å².